The number of amides is 1. The van der Waals surface area contributed by atoms with Crippen LogP contribution in [0.15, 0.2) is 23.1 Å². The number of benzene rings is 1. The SMILES string of the molecule is Cc1nn(C)c(C)c1[C@@H](C)NC(=O)CNS(=O)(=O)c1ccc2c(c1)OCCCO2. The van der Waals surface area contributed by atoms with Crippen molar-refractivity contribution in [2.45, 2.75) is 38.1 Å². The smallest absolute Gasteiger partial charge is 0.241 e. The number of ether oxygens (including phenoxy) is 2. The van der Waals surface area contributed by atoms with E-state index in [0.29, 0.717) is 24.7 Å². The van der Waals surface area contributed by atoms with Gasteiger partial charge in [0.1, 0.15) is 0 Å². The van der Waals surface area contributed by atoms with Gasteiger partial charge in [0.15, 0.2) is 11.5 Å². The zero-order valence-corrected chi connectivity index (χ0v) is 17.8. The van der Waals surface area contributed by atoms with E-state index in [0.717, 1.165) is 23.4 Å². The zero-order chi connectivity index (χ0) is 21.2. The molecule has 1 aromatic carbocycles. The van der Waals surface area contributed by atoms with E-state index in [4.69, 9.17) is 9.47 Å². The molecule has 3 rings (SSSR count). The van der Waals surface area contributed by atoms with E-state index in [-0.39, 0.29) is 17.5 Å². The van der Waals surface area contributed by atoms with Crippen LogP contribution in [0.4, 0.5) is 0 Å². The third kappa shape index (κ3) is 4.70. The highest BCUT2D eigenvalue weighted by Crippen LogP contribution is 2.31. The number of sulfonamides is 1. The maximum atomic E-state index is 12.6. The van der Waals surface area contributed by atoms with Gasteiger partial charge in [-0.05, 0) is 32.9 Å². The summed E-state index contributed by atoms with van der Waals surface area (Å²) in [6.45, 7) is 6.23. The molecule has 2 aromatic rings. The van der Waals surface area contributed by atoms with Gasteiger partial charge in [0, 0.05) is 30.8 Å². The average Bonchev–Trinajstić information content (AvgIpc) is 2.83. The Morgan fingerprint density at radius 2 is 1.93 bits per heavy atom. The summed E-state index contributed by atoms with van der Waals surface area (Å²) in [5.74, 6) is 0.458. The quantitative estimate of drug-likeness (QED) is 0.727. The summed E-state index contributed by atoms with van der Waals surface area (Å²) in [5, 5.41) is 7.15. The van der Waals surface area contributed by atoms with Crippen LogP contribution in [0, 0.1) is 13.8 Å². The number of hydrogen-bond acceptors (Lipinski definition) is 6. The summed E-state index contributed by atoms with van der Waals surface area (Å²) in [6.07, 6.45) is 0.725. The van der Waals surface area contributed by atoms with Gasteiger partial charge < -0.3 is 14.8 Å². The predicted octanol–water partition coefficient (Wildman–Crippen LogP) is 1.35. The molecule has 0 saturated heterocycles. The molecule has 2 N–H and O–H groups in total. The normalized spacial score (nSPS) is 14.9. The first-order valence-corrected chi connectivity index (χ1v) is 10.9. The maximum Gasteiger partial charge on any atom is 0.241 e. The van der Waals surface area contributed by atoms with Crippen LogP contribution in [0.1, 0.15) is 36.3 Å². The fourth-order valence-corrected chi connectivity index (χ4v) is 4.33. The largest absolute Gasteiger partial charge is 0.490 e. The summed E-state index contributed by atoms with van der Waals surface area (Å²) < 4.78 is 40.3. The fourth-order valence-electron chi connectivity index (χ4n) is 3.34. The highest BCUT2D eigenvalue weighted by molar-refractivity contribution is 7.89. The van der Waals surface area contributed by atoms with Crippen molar-refractivity contribution in [2.75, 3.05) is 19.8 Å². The zero-order valence-electron chi connectivity index (χ0n) is 17.0. The number of carbonyl (C=O) groups is 1. The van der Waals surface area contributed by atoms with Crippen molar-refractivity contribution in [3.63, 3.8) is 0 Å². The van der Waals surface area contributed by atoms with Crippen molar-refractivity contribution in [1.82, 2.24) is 19.8 Å². The number of rotatable bonds is 6. The Hall–Kier alpha value is -2.59. The second kappa shape index (κ2) is 8.42. The van der Waals surface area contributed by atoms with Gasteiger partial charge in [0.2, 0.25) is 15.9 Å². The number of nitrogens with zero attached hydrogens (tertiary/aromatic N) is 2. The number of fused-ring (bicyclic) bond motifs is 1. The first-order chi connectivity index (χ1) is 13.7. The minimum absolute atomic E-state index is 0.0153. The molecule has 2 heterocycles. The highest BCUT2D eigenvalue weighted by atomic mass is 32.2. The Balaban J connectivity index is 1.64. The predicted molar refractivity (Wildman–Crippen MR) is 106 cm³/mol. The van der Waals surface area contributed by atoms with Gasteiger partial charge in [-0.1, -0.05) is 0 Å². The van der Waals surface area contributed by atoms with Gasteiger partial charge in [0.05, 0.1) is 36.4 Å². The molecule has 1 aromatic heterocycles. The number of carbonyl (C=O) groups excluding carboxylic acids is 1. The molecule has 0 spiro atoms. The molecule has 1 aliphatic rings. The minimum Gasteiger partial charge on any atom is -0.490 e. The molecule has 10 heteroatoms. The van der Waals surface area contributed by atoms with Crippen molar-refractivity contribution in [1.29, 1.82) is 0 Å². The monoisotopic (exact) mass is 422 g/mol. The molecule has 0 saturated carbocycles. The van der Waals surface area contributed by atoms with Gasteiger partial charge in [-0.25, -0.2) is 13.1 Å². The summed E-state index contributed by atoms with van der Waals surface area (Å²) in [7, 11) is -2.04. The van der Waals surface area contributed by atoms with Crippen LogP contribution in [0.25, 0.3) is 0 Å². The number of aromatic nitrogens is 2. The standard InChI is InChI=1S/C19H26N4O5S/c1-12(19-13(2)22-23(4)14(19)3)21-18(24)11-20-29(25,26)15-6-7-16-17(10-15)28-9-5-8-27-16/h6-7,10,12,20H,5,8-9,11H2,1-4H3,(H,21,24)/t12-/m1/s1. The van der Waals surface area contributed by atoms with Crippen LogP contribution in [-0.2, 0) is 21.9 Å². The summed E-state index contributed by atoms with van der Waals surface area (Å²) in [5.41, 5.74) is 2.69. The highest BCUT2D eigenvalue weighted by Gasteiger charge is 2.22. The van der Waals surface area contributed by atoms with E-state index in [2.05, 4.69) is 15.1 Å². The van der Waals surface area contributed by atoms with E-state index < -0.39 is 15.9 Å². The van der Waals surface area contributed by atoms with Gasteiger partial charge >= 0.3 is 0 Å². The Morgan fingerprint density at radius 1 is 1.24 bits per heavy atom. The summed E-state index contributed by atoms with van der Waals surface area (Å²) in [6, 6.07) is 4.11. The van der Waals surface area contributed by atoms with Crippen LogP contribution < -0.4 is 19.5 Å². The van der Waals surface area contributed by atoms with Crippen LogP contribution in [0.3, 0.4) is 0 Å². The topological polar surface area (TPSA) is 112 Å². The van der Waals surface area contributed by atoms with Crippen LogP contribution >= 0.6 is 0 Å². The number of aryl methyl sites for hydroxylation is 2. The Bertz CT molecular complexity index is 1020. The second-order valence-electron chi connectivity index (χ2n) is 6.98. The molecule has 0 radical (unpaired) electrons. The lowest BCUT2D eigenvalue weighted by Crippen LogP contribution is -2.38. The van der Waals surface area contributed by atoms with Crippen molar-refractivity contribution in [2.24, 2.45) is 7.05 Å². The Labute approximate surface area is 170 Å². The molecule has 0 fully saturated rings. The van der Waals surface area contributed by atoms with Gasteiger partial charge in [-0.15, -0.1) is 0 Å². The second-order valence-corrected chi connectivity index (χ2v) is 8.75. The Morgan fingerprint density at radius 3 is 2.59 bits per heavy atom. The molecule has 9 nitrogen and oxygen atoms in total. The molecule has 0 unspecified atom stereocenters. The first-order valence-electron chi connectivity index (χ1n) is 9.38. The fraction of sp³-hybridized carbons (Fsp3) is 0.474. The van der Waals surface area contributed by atoms with Crippen LogP contribution in [-0.4, -0.2) is 43.9 Å². The van der Waals surface area contributed by atoms with E-state index >= 15 is 0 Å². The third-order valence-electron chi connectivity index (χ3n) is 4.83. The maximum absolute atomic E-state index is 12.6. The molecule has 1 aliphatic heterocycles. The number of hydrogen-bond donors (Lipinski definition) is 2. The van der Waals surface area contributed by atoms with Crippen molar-refractivity contribution >= 4 is 15.9 Å². The Kier molecular flexibility index (Phi) is 6.13. The van der Waals surface area contributed by atoms with Gasteiger partial charge in [-0.3, -0.25) is 9.48 Å². The van der Waals surface area contributed by atoms with E-state index in [1.165, 1.54) is 12.1 Å². The molecule has 1 amide bonds. The van der Waals surface area contributed by atoms with E-state index in [1.807, 2.05) is 27.8 Å². The number of nitrogens with one attached hydrogen (secondary N) is 2. The molecule has 158 valence electrons. The molecule has 0 bridgehead atoms. The minimum atomic E-state index is -3.88. The van der Waals surface area contributed by atoms with Gasteiger partial charge in [-0.2, -0.15) is 5.10 Å². The average molecular weight is 423 g/mol. The van der Waals surface area contributed by atoms with E-state index in [1.54, 1.807) is 10.7 Å². The lowest BCUT2D eigenvalue weighted by atomic mass is 10.1. The molecular formula is C19H26N4O5S. The summed E-state index contributed by atoms with van der Waals surface area (Å²) in [4.78, 5) is 12.3. The molecule has 29 heavy (non-hydrogen) atoms. The van der Waals surface area contributed by atoms with Crippen LogP contribution in [0.2, 0.25) is 0 Å². The van der Waals surface area contributed by atoms with Crippen molar-refractivity contribution in [3.8, 4) is 11.5 Å². The third-order valence-corrected chi connectivity index (χ3v) is 6.23. The van der Waals surface area contributed by atoms with Crippen LogP contribution in [0.5, 0.6) is 11.5 Å². The molecule has 1 atom stereocenters. The van der Waals surface area contributed by atoms with Crippen molar-refractivity contribution in [3.05, 3.63) is 35.2 Å². The van der Waals surface area contributed by atoms with E-state index in [9.17, 15) is 13.2 Å². The lowest BCUT2D eigenvalue weighted by Gasteiger charge is -2.15. The first kappa shape index (κ1) is 21.1. The molecular weight excluding hydrogens is 396 g/mol. The lowest BCUT2D eigenvalue weighted by molar-refractivity contribution is -0.120. The van der Waals surface area contributed by atoms with Crippen molar-refractivity contribution < 1.29 is 22.7 Å². The molecule has 0 aliphatic carbocycles. The summed E-state index contributed by atoms with van der Waals surface area (Å²) >= 11 is 0. The van der Waals surface area contributed by atoms with Gasteiger partial charge in [0.25, 0.3) is 0 Å².